The molecule has 2 amide bonds. The molecule has 3 rings (SSSR count). The van der Waals surface area contributed by atoms with Crippen LogP contribution in [0, 0.1) is 11.8 Å². The number of carbonyl (C=O) groups is 2. The Balaban J connectivity index is 1.78. The molecule has 0 aromatic heterocycles. The minimum absolute atomic E-state index is 0.219. The third-order valence-corrected chi connectivity index (χ3v) is 4.90. The lowest BCUT2D eigenvalue weighted by Gasteiger charge is -2.25. The van der Waals surface area contributed by atoms with E-state index >= 15 is 0 Å². The van der Waals surface area contributed by atoms with Crippen molar-refractivity contribution in [3.63, 3.8) is 0 Å². The zero-order valence-corrected chi connectivity index (χ0v) is 12.4. The van der Waals surface area contributed by atoms with Crippen LogP contribution >= 0.6 is 7.82 Å². The van der Waals surface area contributed by atoms with E-state index in [2.05, 4.69) is 4.52 Å². The van der Waals surface area contributed by atoms with Crippen LogP contribution in [0.5, 0.6) is 0 Å². The molecule has 1 N–H and O–H groups in total. The molecule has 9 heteroatoms. The number of fused-ring (bicyclic) bond motifs is 5. The Kier molecular flexibility index (Phi) is 3.00. The monoisotopic (exact) mass is 316 g/mol. The van der Waals surface area contributed by atoms with Gasteiger partial charge in [0.15, 0.2) is 0 Å². The van der Waals surface area contributed by atoms with E-state index in [1.54, 1.807) is 26.0 Å². The lowest BCUT2D eigenvalue weighted by molar-refractivity contribution is -0.220. The summed E-state index contributed by atoms with van der Waals surface area (Å²) in [6, 6.07) is 0. The molecule has 0 aliphatic carbocycles. The van der Waals surface area contributed by atoms with Crippen molar-refractivity contribution in [3.8, 4) is 0 Å². The molecule has 3 heterocycles. The summed E-state index contributed by atoms with van der Waals surface area (Å²) in [6.07, 6.45) is 3.58. The number of likely N-dealkylation sites (tertiary alicyclic amines) is 1. The minimum Gasteiger partial charge on any atom is -0.756 e. The predicted octanol–water partition coefficient (Wildman–Crippen LogP) is -0.818. The van der Waals surface area contributed by atoms with Crippen LogP contribution in [0.3, 0.4) is 0 Å². The fourth-order valence-corrected chi connectivity index (χ4v) is 3.87. The van der Waals surface area contributed by atoms with E-state index in [1.165, 1.54) is 0 Å². The van der Waals surface area contributed by atoms with E-state index in [4.69, 9.17) is 9.63 Å². The fraction of sp³-hybridized carbons (Fsp3) is 0.667. The van der Waals surface area contributed by atoms with Crippen molar-refractivity contribution < 1.29 is 33.2 Å². The molecule has 3 aliphatic rings. The third kappa shape index (κ3) is 2.10. The van der Waals surface area contributed by atoms with Gasteiger partial charge in [-0.15, -0.1) is 0 Å². The number of amides is 2. The second-order valence-electron chi connectivity index (χ2n) is 5.89. The van der Waals surface area contributed by atoms with Gasteiger partial charge in [-0.25, -0.2) is 0 Å². The van der Waals surface area contributed by atoms with Crippen molar-refractivity contribution in [1.82, 2.24) is 4.90 Å². The molecule has 8 nitrogen and oxygen atoms in total. The summed E-state index contributed by atoms with van der Waals surface area (Å²) >= 11 is 0. The number of carbonyl (C=O) groups excluding carboxylic acids is 2. The highest BCUT2D eigenvalue weighted by molar-refractivity contribution is 7.44. The Morgan fingerprint density at radius 2 is 1.81 bits per heavy atom. The van der Waals surface area contributed by atoms with Crippen LogP contribution in [0.4, 0.5) is 0 Å². The molecule has 0 aromatic carbocycles. The SMILES string of the molecule is CC12C=CC(C)(O1)[C@H]1C(=O)N(CCOP(=O)([O-])O)C(=O)[C@H]12. The number of hydrogen-bond acceptors (Lipinski definition) is 6. The first-order chi connectivity index (χ1) is 9.57. The van der Waals surface area contributed by atoms with Crippen molar-refractivity contribution in [3.05, 3.63) is 12.2 Å². The van der Waals surface area contributed by atoms with Crippen LogP contribution in [-0.4, -0.2) is 46.0 Å². The lowest BCUT2D eigenvalue weighted by atomic mass is 9.73. The summed E-state index contributed by atoms with van der Waals surface area (Å²) < 4.78 is 20.5. The van der Waals surface area contributed by atoms with Gasteiger partial charge in [-0.3, -0.25) is 19.1 Å². The van der Waals surface area contributed by atoms with Crippen LogP contribution in [0.2, 0.25) is 0 Å². The normalized spacial score (nSPS) is 43.5. The average molecular weight is 316 g/mol. The Hall–Kier alpha value is -1.05. The first kappa shape index (κ1) is 14.9. The first-order valence-electron chi connectivity index (χ1n) is 6.52. The maximum atomic E-state index is 12.4. The third-order valence-electron chi connectivity index (χ3n) is 4.39. The number of phosphoric acid groups is 1. The molecule has 0 radical (unpaired) electrons. The van der Waals surface area contributed by atoms with E-state index in [0.29, 0.717) is 0 Å². The van der Waals surface area contributed by atoms with Crippen molar-refractivity contribution in [2.75, 3.05) is 13.2 Å². The van der Waals surface area contributed by atoms with E-state index in [9.17, 15) is 19.0 Å². The van der Waals surface area contributed by atoms with Gasteiger partial charge in [-0.05, 0) is 13.8 Å². The maximum absolute atomic E-state index is 12.4. The number of hydrogen-bond donors (Lipinski definition) is 1. The van der Waals surface area contributed by atoms with Gasteiger partial charge in [-0.1, -0.05) is 12.2 Å². The minimum atomic E-state index is -4.86. The summed E-state index contributed by atoms with van der Waals surface area (Å²) in [5.74, 6) is -2.01. The first-order valence-corrected chi connectivity index (χ1v) is 8.01. The fourth-order valence-electron chi connectivity index (χ4n) is 3.56. The molecule has 2 fully saturated rings. The molecule has 116 valence electrons. The molecule has 0 spiro atoms. The summed E-state index contributed by atoms with van der Waals surface area (Å²) in [7, 11) is -4.86. The van der Waals surface area contributed by atoms with Crippen molar-refractivity contribution in [2.24, 2.45) is 11.8 Å². The van der Waals surface area contributed by atoms with Crippen molar-refractivity contribution in [1.29, 1.82) is 0 Å². The molecule has 2 saturated heterocycles. The number of ether oxygens (including phenoxy) is 1. The quantitative estimate of drug-likeness (QED) is 0.409. The van der Waals surface area contributed by atoms with Crippen molar-refractivity contribution in [2.45, 2.75) is 25.0 Å². The summed E-state index contributed by atoms with van der Waals surface area (Å²) in [4.78, 5) is 44.9. The lowest BCUT2D eigenvalue weighted by Crippen LogP contribution is -2.41. The molecule has 5 atom stereocenters. The van der Waals surface area contributed by atoms with Gasteiger partial charge < -0.3 is 19.0 Å². The average Bonchev–Trinajstić information content (AvgIpc) is 2.87. The largest absolute Gasteiger partial charge is 0.756 e. The van der Waals surface area contributed by atoms with Gasteiger partial charge >= 0.3 is 0 Å². The van der Waals surface area contributed by atoms with Crippen LogP contribution in [0.1, 0.15) is 13.8 Å². The van der Waals surface area contributed by atoms with E-state index < -0.39 is 49.3 Å². The molecule has 2 bridgehead atoms. The van der Waals surface area contributed by atoms with Crippen LogP contribution in [-0.2, 0) is 23.4 Å². The summed E-state index contributed by atoms with van der Waals surface area (Å²) in [5.41, 5.74) is -1.63. The van der Waals surface area contributed by atoms with Gasteiger partial charge in [0.25, 0.3) is 7.82 Å². The van der Waals surface area contributed by atoms with Crippen LogP contribution in [0.25, 0.3) is 0 Å². The molecular weight excluding hydrogens is 301 g/mol. The Morgan fingerprint density at radius 1 is 1.33 bits per heavy atom. The highest BCUT2D eigenvalue weighted by Gasteiger charge is 2.70. The van der Waals surface area contributed by atoms with E-state index in [0.717, 1.165) is 4.90 Å². The zero-order chi connectivity index (χ0) is 15.6. The zero-order valence-electron chi connectivity index (χ0n) is 11.5. The smallest absolute Gasteiger partial charge is 0.265 e. The van der Waals surface area contributed by atoms with Gasteiger partial charge in [-0.2, -0.15) is 0 Å². The van der Waals surface area contributed by atoms with Gasteiger partial charge in [0, 0.05) is 0 Å². The molecule has 3 unspecified atom stereocenters. The number of imide groups is 1. The van der Waals surface area contributed by atoms with Crippen LogP contribution < -0.4 is 4.89 Å². The second-order valence-corrected chi connectivity index (χ2v) is 7.08. The molecule has 0 aromatic rings. The Bertz CT molecular complexity index is 562. The van der Waals surface area contributed by atoms with Gasteiger partial charge in [0.05, 0.1) is 36.2 Å². The second kappa shape index (κ2) is 4.24. The Labute approximate surface area is 120 Å². The molecule has 21 heavy (non-hydrogen) atoms. The summed E-state index contributed by atoms with van der Waals surface area (Å²) in [6.45, 7) is 2.83. The molecule has 0 saturated carbocycles. The van der Waals surface area contributed by atoms with Crippen LogP contribution in [0.15, 0.2) is 12.2 Å². The maximum Gasteiger partial charge on any atom is 0.265 e. The molecular formula is C12H15NO7P-. The highest BCUT2D eigenvalue weighted by atomic mass is 31.2. The molecule has 3 aliphatic heterocycles. The number of rotatable bonds is 4. The van der Waals surface area contributed by atoms with Gasteiger partial charge in [0.1, 0.15) is 0 Å². The van der Waals surface area contributed by atoms with E-state index in [-0.39, 0.29) is 6.54 Å². The van der Waals surface area contributed by atoms with Crippen molar-refractivity contribution >= 4 is 19.6 Å². The topological polar surface area (TPSA) is 116 Å². The standard InChI is InChI=1S/C12H16NO7P/c1-11-3-4-12(2,20-11)8-7(11)9(14)13(10(8)15)5-6-19-21(16,17)18/h3-4,7-8H,5-6H2,1-2H3,(H2,16,17,18)/p-1/t7-,8+,11?,12?. The van der Waals surface area contributed by atoms with E-state index in [1.807, 2.05) is 0 Å². The predicted molar refractivity (Wildman–Crippen MR) is 66.5 cm³/mol. The summed E-state index contributed by atoms with van der Waals surface area (Å²) in [5, 5.41) is 0. The highest BCUT2D eigenvalue weighted by Crippen LogP contribution is 2.56. The number of phosphoric ester groups is 1. The van der Waals surface area contributed by atoms with Gasteiger partial charge in [0.2, 0.25) is 11.8 Å². The Morgan fingerprint density at radius 3 is 2.24 bits per heavy atom. The number of nitrogens with zero attached hydrogens (tertiary/aromatic N) is 1.